The smallest absolute Gasteiger partial charge is 0.164 e. The van der Waals surface area contributed by atoms with E-state index in [0.29, 0.717) is 17.5 Å². The van der Waals surface area contributed by atoms with E-state index >= 15 is 0 Å². The number of nitrogens with zero attached hydrogens (tertiary/aromatic N) is 4. The zero-order valence-corrected chi connectivity index (χ0v) is 37.0. The van der Waals surface area contributed by atoms with Crippen molar-refractivity contribution in [3.8, 4) is 73.2 Å². The van der Waals surface area contributed by atoms with E-state index < -0.39 is 0 Å². The van der Waals surface area contributed by atoms with Gasteiger partial charge in [0.05, 0.1) is 11.0 Å². The quantitative estimate of drug-likeness (QED) is 0.159. The van der Waals surface area contributed by atoms with Crippen LogP contribution >= 0.6 is 0 Å². The van der Waals surface area contributed by atoms with Crippen LogP contribution in [0.4, 0.5) is 0 Å². The van der Waals surface area contributed by atoms with Gasteiger partial charge in [-0.05, 0) is 106 Å². The molecule has 322 valence electrons. The number of rotatable bonds is 7. The SMILES string of the molecule is c1ccc(-c2ccc3c(c2)c2ccccc2n3-c2ccc3oc4cc(-c5ccc6c(c5)oc5cccc(-c7cccc(-c8nc(-c9ccccc9)nc(-c9ccccc9)n8)c7)c56)ccc4c3c2)cc1. The molecule has 6 nitrogen and oxygen atoms in total. The van der Waals surface area contributed by atoms with Gasteiger partial charge >= 0.3 is 0 Å². The first-order chi connectivity index (χ1) is 34.2. The van der Waals surface area contributed by atoms with Crippen molar-refractivity contribution < 1.29 is 8.83 Å². The predicted molar refractivity (Wildman–Crippen MR) is 281 cm³/mol. The molecule has 0 spiro atoms. The highest BCUT2D eigenvalue weighted by Crippen LogP contribution is 2.42. The maximum atomic E-state index is 6.64. The van der Waals surface area contributed by atoms with Crippen LogP contribution in [0, 0.1) is 0 Å². The summed E-state index contributed by atoms with van der Waals surface area (Å²) < 4.78 is 15.6. The van der Waals surface area contributed by atoms with Gasteiger partial charge in [-0.3, -0.25) is 0 Å². The molecule has 0 atom stereocenters. The summed E-state index contributed by atoms with van der Waals surface area (Å²) in [5, 5.41) is 6.72. The van der Waals surface area contributed by atoms with Crippen LogP contribution in [0.15, 0.2) is 239 Å². The molecular formula is C63H38N4O2. The highest BCUT2D eigenvalue weighted by Gasteiger charge is 2.19. The summed E-state index contributed by atoms with van der Waals surface area (Å²) in [7, 11) is 0. The molecule has 0 saturated carbocycles. The van der Waals surface area contributed by atoms with Crippen LogP contribution in [0.1, 0.15) is 0 Å². The average Bonchev–Trinajstić information content (AvgIpc) is 4.10. The molecule has 0 radical (unpaired) electrons. The molecule has 69 heavy (non-hydrogen) atoms. The molecule has 14 aromatic rings. The van der Waals surface area contributed by atoms with Crippen molar-refractivity contribution in [3.05, 3.63) is 231 Å². The summed E-state index contributed by atoms with van der Waals surface area (Å²) >= 11 is 0. The zero-order chi connectivity index (χ0) is 45.4. The van der Waals surface area contributed by atoms with Gasteiger partial charge < -0.3 is 13.4 Å². The first-order valence-electron chi connectivity index (χ1n) is 23.2. The van der Waals surface area contributed by atoms with Gasteiger partial charge in [0, 0.05) is 54.7 Å². The topological polar surface area (TPSA) is 69.9 Å². The van der Waals surface area contributed by atoms with Gasteiger partial charge in [-0.25, -0.2) is 15.0 Å². The van der Waals surface area contributed by atoms with Gasteiger partial charge in [-0.1, -0.05) is 158 Å². The highest BCUT2D eigenvalue weighted by molar-refractivity contribution is 6.14. The lowest BCUT2D eigenvalue weighted by Crippen LogP contribution is -2.00. The molecule has 14 rings (SSSR count). The lowest BCUT2D eigenvalue weighted by atomic mass is 9.96. The largest absolute Gasteiger partial charge is 0.456 e. The molecule has 0 aliphatic heterocycles. The standard InChI is InChI=1S/C63H38N4O2/c1-4-14-39(15-5-1)42-28-32-55-52(35-42)49-22-10-11-24-54(49)67(55)47-29-33-56-53(38-47)50-30-26-43(36-58(50)68-56)44-27-31-51-59(37-44)69-57-25-13-23-48(60(51)57)45-20-12-21-46(34-45)63-65-61(40-16-6-2-7-17-40)64-62(66-63)41-18-8-3-9-19-41/h1-38H. The molecule has 0 aliphatic carbocycles. The third-order valence-corrected chi connectivity index (χ3v) is 13.5. The second-order valence-corrected chi connectivity index (χ2v) is 17.6. The zero-order valence-electron chi connectivity index (χ0n) is 37.0. The predicted octanol–water partition coefficient (Wildman–Crippen LogP) is 16.8. The van der Waals surface area contributed by atoms with Crippen molar-refractivity contribution >= 4 is 65.7 Å². The second kappa shape index (κ2) is 15.6. The number of hydrogen-bond donors (Lipinski definition) is 0. The second-order valence-electron chi connectivity index (χ2n) is 17.6. The summed E-state index contributed by atoms with van der Waals surface area (Å²) in [6.07, 6.45) is 0. The third kappa shape index (κ3) is 6.53. The van der Waals surface area contributed by atoms with E-state index in [1.807, 2.05) is 66.7 Å². The Kier molecular flexibility index (Phi) is 8.79. The van der Waals surface area contributed by atoms with Gasteiger partial charge in [-0.15, -0.1) is 0 Å². The first-order valence-corrected chi connectivity index (χ1v) is 23.2. The molecule has 0 unspecified atom stereocenters. The Morgan fingerprint density at radius 1 is 0.275 bits per heavy atom. The molecular weight excluding hydrogens is 845 g/mol. The van der Waals surface area contributed by atoms with Gasteiger partial charge in [-0.2, -0.15) is 0 Å². The van der Waals surface area contributed by atoms with Gasteiger partial charge in [0.15, 0.2) is 17.5 Å². The van der Waals surface area contributed by atoms with Crippen molar-refractivity contribution in [2.45, 2.75) is 0 Å². The number of para-hydroxylation sites is 1. The van der Waals surface area contributed by atoms with Crippen molar-refractivity contribution in [2.24, 2.45) is 0 Å². The monoisotopic (exact) mass is 882 g/mol. The van der Waals surface area contributed by atoms with E-state index in [1.165, 1.54) is 32.9 Å². The van der Waals surface area contributed by atoms with Gasteiger partial charge in [0.1, 0.15) is 22.3 Å². The lowest BCUT2D eigenvalue weighted by Gasteiger charge is -2.10. The minimum Gasteiger partial charge on any atom is -0.456 e. The molecule has 0 amide bonds. The number of benzene rings is 10. The number of hydrogen-bond acceptors (Lipinski definition) is 5. The Morgan fingerprint density at radius 3 is 1.57 bits per heavy atom. The Balaban J connectivity index is 0.818. The van der Waals surface area contributed by atoms with E-state index in [2.05, 4.69) is 168 Å². The summed E-state index contributed by atoms with van der Waals surface area (Å²) in [6, 6.07) is 80.4. The third-order valence-electron chi connectivity index (χ3n) is 13.5. The van der Waals surface area contributed by atoms with Crippen LogP contribution in [0.25, 0.3) is 139 Å². The van der Waals surface area contributed by atoms with Crippen LogP contribution in [-0.4, -0.2) is 19.5 Å². The van der Waals surface area contributed by atoms with Crippen LogP contribution < -0.4 is 0 Å². The van der Waals surface area contributed by atoms with E-state index in [0.717, 1.165) is 88.5 Å². The summed E-state index contributed by atoms with van der Waals surface area (Å²) in [6.45, 7) is 0. The summed E-state index contributed by atoms with van der Waals surface area (Å²) in [4.78, 5) is 14.9. The van der Waals surface area contributed by atoms with Crippen molar-refractivity contribution in [1.29, 1.82) is 0 Å². The Hall–Kier alpha value is -9.39. The molecule has 0 aliphatic rings. The lowest BCUT2D eigenvalue weighted by molar-refractivity contribution is 0.668. The van der Waals surface area contributed by atoms with E-state index in [-0.39, 0.29) is 0 Å². The van der Waals surface area contributed by atoms with Crippen molar-refractivity contribution in [2.75, 3.05) is 0 Å². The minimum absolute atomic E-state index is 0.612. The maximum absolute atomic E-state index is 6.64. The number of aromatic nitrogens is 4. The number of fused-ring (bicyclic) bond motifs is 9. The molecule has 10 aromatic carbocycles. The average molecular weight is 883 g/mol. The Bertz CT molecular complexity index is 4250. The molecule has 0 saturated heterocycles. The molecule has 6 heteroatoms. The maximum Gasteiger partial charge on any atom is 0.164 e. The number of furan rings is 2. The van der Waals surface area contributed by atoms with Crippen LogP contribution in [-0.2, 0) is 0 Å². The van der Waals surface area contributed by atoms with Crippen LogP contribution in [0.2, 0.25) is 0 Å². The minimum atomic E-state index is 0.612. The van der Waals surface area contributed by atoms with E-state index in [9.17, 15) is 0 Å². The first kappa shape index (κ1) is 38.8. The van der Waals surface area contributed by atoms with Gasteiger partial charge in [0.2, 0.25) is 0 Å². The Morgan fingerprint density at radius 2 is 0.826 bits per heavy atom. The Labute approximate surface area is 396 Å². The normalized spacial score (nSPS) is 11.8. The van der Waals surface area contributed by atoms with Crippen molar-refractivity contribution in [1.82, 2.24) is 19.5 Å². The molecule has 4 aromatic heterocycles. The summed E-state index contributed by atoms with van der Waals surface area (Å²) in [5.74, 6) is 1.87. The van der Waals surface area contributed by atoms with Gasteiger partial charge in [0.25, 0.3) is 0 Å². The highest BCUT2D eigenvalue weighted by atomic mass is 16.3. The van der Waals surface area contributed by atoms with E-state index in [4.69, 9.17) is 23.8 Å². The van der Waals surface area contributed by atoms with Crippen LogP contribution in [0.3, 0.4) is 0 Å². The fourth-order valence-electron chi connectivity index (χ4n) is 10.2. The molecule has 0 N–H and O–H groups in total. The van der Waals surface area contributed by atoms with E-state index in [1.54, 1.807) is 0 Å². The van der Waals surface area contributed by atoms with Crippen LogP contribution in [0.5, 0.6) is 0 Å². The van der Waals surface area contributed by atoms with Crippen molar-refractivity contribution in [3.63, 3.8) is 0 Å². The fraction of sp³-hybridized carbons (Fsp3) is 0. The molecule has 0 fully saturated rings. The molecule has 4 heterocycles. The fourth-order valence-corrected chi connectivity index (χ4v) is 10.2. The summed E-state index contributed by atoms with van der Waals surface area (Å²) in [5.41, 5.74) is 16.2. The molecule has 0 bridgehead atoms.